The Morgan fingerprint density at radius 2 is 2.25 bits per heavy atom. The minimum Gasteiger partial charge on any atom is -0.394 e. The molecule has 20 heavy (non-hydrogen) atoms. The zero-order valence-electron chi connectivity index (χ0n) is 10.4. The van der Waals surface area contributed by atoms with Gasteiger partial charge in [-0.05, 0) is 6.92 Å². The SMILES string of the molecule is C[C@@]1(F)[C@H](O)[C@@H](CO)O[C@@]1(C=O)n1ccc(=O)[nH]c1=O. The van der Waals surface area contributed by atoms with Gasteiger partial charge in [-0.3, -0.25) is 19.1 Å². The number of aliphatic hydroxyl groups excluding tert-OH is 2. The average molecular weight is 288 g/mol. The van der Waals surface area contributed by atoms with E-state index in [1.54, 1.807) is 0 Å². The number of carbonyl (C=O) groups is 1. The number of nitrogens with zero attached hydrogens (tertiary/aromatic N) is 1. The lowest BCUT2D eigenvalue weighted by molar-refractivity contribution is -0.169. The highest BCUT2D eigenvalue weighted by molar-refractivity contribution is 5.63. The highest BCUT2D eigenvalue weighted by Gasteiger charge is 2.66. The summed E-state index contributed by atoms with van der Waals surface area (Å²) in [5.41, 5.74) is -6.95. The van der Waals surface area contributed by atoms with Gasteiger partial charge in [-0.1, -0.05) is 0 Å². The van der Waals surface area contributed by atoms with Crippen molar-refractivity contribution in [2.45, 2.75) is 30.5 Å². The lowest BCUT2D eigenvalue weighted by Crippen LogP contribution is -2.57. The number of aliphatic hydroxyl groups is 2. The summed E-state index contributed by atoms with van der Waals surface area (Å²) < 4.78 is 20.4. The molecule has 9 heteroatoms. The number of aldehydes is 1. The summed E-state index contributed by atoms with van der Waals surface area (Å²) in [6, 6.07) is 0.907. The second-order valence-corrected chi connectivity index (χ2v) is 4.65. The molecule has 8 nitrogen and oxygen atoms in total. The predicted molar refractivity (Wildman–Crippen MR) is 62.8 cm³/mol. The van der Waals surface area contributed by atoms with Gasteiger partial charge in [0.25, 0.3) is 5.56 Å². The molecule has 1 saturated heterocycles. The van der Waals surface area contributed by atoms with E-state index in [1.807, 2.05) is 4.98 Å². The van der Waals surface area contributed by atoms with Crippen molar-refractivity contribution in [1.82, 2.24) is 9.55 Å². The van der Waals surface area contributed by atoms with Crippen molar-refractivity contribution in [1.29, 1.82) is 0 Å². The van der Waals surface area contributed by atoms with Crippen LogP contribution < -0.4 is 11.2 Å². The maximum atomic E-state index is 14.8. The zero-order valence-corrected chi connectivity index (χ0v) is 10.4. The maximum absolute atomic E-state index is 14.8. The number of alkyl halides is 1. The molecule has 4 atom stereocenters. The summed E-state index contributed by atoms with van der Waals surface area (Å²) in [5.74, 6) is 0. The van der Waals surface area contributed by atoms with Crippen molar-refractivity contribution >= 4 is 6.29 Å². The third-order valence-electron chi connectivity index (χ3n) is 3.46. The van der Waals surface area contributed by atoms with Crippen LogP contribution in [-0.4, -0.2) is 50.5 Å². The van der Waals surface area contributed by atoms with Crippen molar-refractivity contribution in [3.63, 3.8) is 0 Å². The van der Waals surface area contributed by atoms with Crippen LogP contribution >= 0.6 is 0 Å². The number of aromatic amines is 1. The number of carbonyl (C=O) groups excluding carboxylic acids is 1. The molecule has 0 amide bonds. The predicted octanol–water partition coefficient (Wildman–Crippen LogP) is -2.13. The van der Waals surface area contributed by atoms with Gasteiger partial charge in [0.05, 0.1) is 6.61 Å². The molecule has 1 aromatic rings. The summed E-state index contributed by atoms with van der Waals surface area (Å²) in [6.07, 6.45) is -2.29. The van der Waals surface area contributed by atoms with Gasteiger partial charge in [-0.2, -0.15) is 0 Å². The van der Waals surface area contributed by atoms with Gasteiger partial charge < -0.3 is 14.9 Å². The van der Waals surface area contributed by atoms with Crippen molar-refractivity contribution < 1.29 is 24.1 Å². The molecule has 110 valence electrons. The molecule has 3 N–H and O–H groups in total. The lowest BCUT2D eigenvalue weighted by atomic mass is 9.90. The highest BCUT2D eigenvalue weighted by atomic mass is 19.1. The third-order valence-corrected chi connectivity index (χ3v) is 3.46. The molecule has 0 saturated carbocycles. The van der Waals surface area contributed by atoms with Crippen LogP contribution in [0.15, 0.2) is 21.9 Å². The second-order valence-electron chi connectivity index (χ2n) is 4.65. The van der Waals surface area contributed by atoms with Crippen LogP contribution in [0.25, 0.3) is 0 Å². The highest BCUT2D eigenvalue weighted by Crippen LogP contribution is 2.44. The number of rotatable bonds is 3. The van der Waals surface area contributed by atoms with Crippen LogP contribution in [0.5, 0.6) is 0 Å². The molecule has 1 fully saturated rings. The fraction of sp³-hybridized carbons (Fsp3) is 0.545. The molecule has 2 rings (SSSR count). The number of hydrogen-bond donors (Lipinski definition) is 3. The summed E-state index contributed by atoms with van der Waals surface area (Å²) >= 11 is 0. The number of aromatic nitrogens is 2. The van der Waals surface area contributed by atoms with Crippen molar-refractivity contribution in [3.8, 4) is 0 Å². The van der Waals surface area contributed by atoms with E-state index in [2.05, 4.69) is 0 Å². The van der Waals surface area contributed by atoms with Crippen molar-refractivity contribution in [2.75, 3.05) is 6.61 Å². The summed E-state index contributed by atoms with van der Waals surface area (Å²) in [7, 11) is 0. The fourth-order valence-corrected chi connectivity index (χ4v) is 2.28. The Balaban J connectivity index is 2.68. The van der Waals surface area contributed by atoms with E-state index in [9.17, 15) is 23.9 Å². The maximum Gasteiger partial charge on any atom is 0.331 e. The van der Waals surface area contributed by atoms with E-state index in [-0.39, 0.29) is 6.29 Å². The molecule has 0 aromatic carbocycles. The number of nitrogens with one attached hydrogen (secondary N) is 1. The van der Waals surface area contributed by atoms with Crippen LogP contribution in [0.3, 0.4) is 0 Å². The smallest absolute Gasteiger partial charge is 0.331 e. The summed E-state index contributed by atoms with van der Waals surface area (Å²) in [6.45, 7) is 0.133. The Bertz CT molecular complexity index is 638. The molecule has 0 radical (unpaired) electrons. The quantitative estimate of drug-likeness (QED) is 0.546. The van der Waals surface area contributed by atoms with Gasteiger partial charge in [0, 0.05) is 12.3 Å². The molecule has 1 aromatic heterocycles. The first kappa shape index (κ1) is 14.6. The lowest BCUT2D eigenvalue weighted by Gasteiger charge is -2.33. The number of H-pyrrole nitrogens is 1. The average Bonchev–Trinajstić information content (AvgIpc) is 2.59. The van der Waals surface area contributed by atoms with E-state index >= 15 is 0 Å². The monoisotopic (exact) mass is 288 g/mol. The zero-order chi connectivity index (χ0) is 15.1. The largest absolute Gasteiger partial charge is 0.394 e. The molecular formula is C11H13FN2O6. The van der Waals surface area contributed by atoms with Gasteiger partial charge >= 0.3 is 5.69 Å². The fourth-order valence-electron chi connectivity index (χ4n) is 2.28. The third kappa shape index (κ3) is 1.74. The molecule has 1 aliphatic heterocycles. The Hall–Kier alpha value is -1.84. The Kier molecular flexibility index (Phi) is 3.36. The van der Waals surface area contributed by atoms with Gasteiger partial charge in [0.15, 0.2) is 12.0 Å². The molecule has 2 heterocycles. The van der Waals surface area contributed by atoms with Crippen LogP contribution in [0.2, 0.25) is 0 Å². The van der Waals surface area contributed by atoms with Crippen LogP contribution in [0.1, 0.15) is 6.92 Å². The minimum absolute atomic E-state index is 0.0194. The minimum atomic E-state index is -2.68. The molecule has 0 unspecified atom stereocenters. The number of halogens is 1. The molecular weight excluding hydrogens is 275 g/mol. The van der Waals surface area contributed by atoms with E-state index in [0.717, 1.165) is 19.2 Å². The molecule has 0 spiro atoms. The van der Waals surface area contributed by atoms with E-state index in [4.69, 9.17) is 9.84 Å². The summed E-state index contributed by atoms with van der Waals surface area (Å²) in [4.78, 5) is 36.0. The van der Waals surface area contributed by atoms with Crippen LogP contribution in [-0.2, 0) is 15.3 Å². The number of ether oxygens (including phenoxy) is 1. The van der Waals surface area contributed by atoms with Gasteiger partial charge in [0.2, 0.25) is 5.72 Å². The molecule has 1 aliphatic rings. The first-order valence-electron chi connectivity index (χ1n) is 5.74. The first-order chi connectivity index (χ1) is 9.30. The van der Waals surface area contributed by atoms with Crippen LogP contribution in [0, 0.1) is 0 Å². The van der Waals surface area contributed by atoms with E-state index in [0.29, 0.717) is 4.57 Å². The standard InChI is InChI=1S/C11H13FN2O6/c1-10(12)8(18)6(4-15)20-11(10,5-16)14-3-2-7(17)13-9(14)19/h2-3,5-6,8,15,18H,4H2,1H3,(H,13,17,19)/t6-,8-,10-,11-/m1/s1. The topological polar surface area (TPSA) is 122 Å². The second kappa shape index (κ2) is 4.62. The van der Waals surface area contributed by atoms with Gasteiger partial charge in [0.1, 0.15) is 12.2 Å². The Morgan fingerprint density at radius 1 is 1.60 bits per heavy atom. The Morgan fingerprint density at radius 3 is 2.70 bits per heavy atom. The van der Waals surface area contributed by atoms with Gasteiger partial charge in [-0.25, -0.2) is 9.18 Å². The summed E-state index contributed by atoms with van der Waals surface area (Å²) in [5, 5.41) is 18.8. The van der Waals surface area contributed by atoms with E-state index in [1.165, 1.54) is 0 Å². The normalized spacial score (nSPS) is 37.0. The van der Waals surface area contributed by atoms with E-state index < -0.39 is 41.5 Å². The molecule has 0 aliphatic carbocycles. The van der Waals surface area contributed by atoms with Crippen molar-refractivity contribution in [3.05, 3.63) is 33.1 Å². The molecule has 0 bridgehead atoms. The first-order valence-corrected chi connectivity index (χ1v) is 5.74. The number of hydrogen-bond acceptors (Lipinski definition) is 6. The van der Waals surface area contributed by atoms with Crippen LogP contribution in [0.4, 0.5) is 4.39 Å². The van der Waals surface area contributed by atoms with Gasteiger partial charge in [-0.15, -0.1) is 0 Å². The Labute approximate surface area is 111 Å². The van der Waals surface area contributed by atoms with Crippen molar-refractivity contribution in [2.24, 2.45) is 0 Å².